The van der Waals surface area contributed by atoms with Crippen molar-refractivity contribution in [3.63, 3.8) is 0 Å². The second-order valence-electron chi connectivity index (χ2n) is 4.83. The molecule has 1 atom stereocenters. The minimum atomic E-state index is 0.000602. The zero-order chi connectivity index (χ0) is 14.3. The van der Waals surface area contributed by atoms with E-state index in [9.17, 15) is 4.79 Å². The first-order valence-corrected chi connectivity index (χ1v) is 8.46. The number of thiophene rings is 1. The Kier molecular flexibility index (Phi) is 3.89. The summed E-state index contributed by atoms with van der Waals surface area (Å²) >= 11 is 11.4. The highest BCUT2D eigenvalue weighted by Crippen LogP contribution is 2.35. The third kappa shape index (κ3) is 2.30. The molecule has 1 aromatic heterocycles. The predicted octanol–water partition coefficient (Wildman–Crippen LogP) is 4.92. The first-order chi connectivity index (χ1) is 9.59. The highest BCUT2D eigenvalue weighted by molar-refractivity contribution is 9.10. The van der Waals surface area contributed by atoms with E-state index in [-0.39, 0.29) is 11.9 Å². The van der Waals surface area contributed by atoms with Crippen molar-refractivity contribution in [1.82, 2.24) is 4.90 Å². The van der Waals surface area contributed by atoms with E-state index in [2.05, 4.69) is 34.3 Å². The molecular weight excluding hydrogens is 358 g/mol. The van der Waals surface area contributed by atoms with Gasteiger partial charge >= 0.3 is 0 Å². The quantitative estimate of drug-likeness (QED) is 0.697. The van der Waals surface area contributed by atoms with Gasteiger partial charge in [0.2, 0.25) is 0 Å². The van der Waals surface area contributed by atoms with Gasteiger partial charge in [-0.05, 0) is 58.4 Å². The fourth-order valence-electron chi connectivity index (χ4n) is 2.61. The molecule has 104 valence electrons. The van der Waals surface area contributed by atoms with Gasteiger partial charge in [-0.1, -0.05) is 17.7 Å². The maximum atomic E-state index is 12.7. The van der Waals surface area contributed by atoms with Crippen LogP contribution < -0.4 is 0 Å². The molecule has 1 unspecified atom stereocenters. The van der Waals surface area contributed by atoms with Gasteiger partial charge in [0.25, 0.3) is 5.91 Å². The zero-order valence-electron chi connectivity index (χ0n) is 10.9. The topological polar surface area (TPSA) is 20.3 Å². The van der Waals surface area contributed by atoms with Gasteiger partial charge in [0.05, 0.1) is 16.6 Å². The fourth-order valence-corrected chi connectivity index (χ4v) is 4.15. The van der Waals surface area contributed by atoms with E-state index in [1.807, 2.05) is 17.0 Å². The normalized spacial score (nSPS) is 17.9. The molecule has 1 amide bonds. The van der Waals surface area contributed by atoms with Gasteiger partial charge in [-0.3, -0.25) is 4.79 Å². The number of hydrogen-bond acceptors (Lipinski definition) is 2. The molecule has 1 aromatic carbocycles. The number of carbonyl (C=O) groups excluding carboxylic acids is 1. The molecule has 2 nitrogen and oxygen atoms in total. The van der Waals surface area contributed by atoms with Crippen LogP contribution in [0.1, 0.15) is 33.8 Å². The number of nitrogens with zero attached hydrogens (tertiary/aromatic N) is 1. The lowest BCUT2D eigenvalue weighted by Gasteiger charge is -2.34. The van der Waals surface area contributed by atoms with E-state index in [0.717, 1.165) is 17.4 Å². The lowest BCUT2D eigenvalue weighted by Crippen LogP contribution is -2.38. The second kappa shape index (κ2) is 5.51. The maximum Gasteiger partial charge on any atom is 0.255 e. The van der Waals surface area contributed by atoms with Crippen LogP contribution in [0.3, 0.4) is 0 Å². The zero-order valence-corrected chi connectivity index (χ0v) is 14.1. The lowest BCUT2D eigenvalue weighted by molar-refractivity contribution is 0.0679. The van der Waals surface area contributed by atoms with Gasteiger partial charge in [0, 0.05) is 15.9 Å². The van der Waals surface area contributed by atoms with Crippen LogP contribution in [-0.2, 0) is 6.42 Å². The number of amides is 1. The van der Waals surface area contributed by atoms with Crippen molar-refractivity contribution in [1.29, 1.82) is 0 Å². The number of hydrogen-bond donors (Lipinski definition) is 0. The SMILES string of the molecule is CC1c2ccsc2CCN1C(=O)c1cccc(Br)c1Cl. The predicted molar refractivity (Wildman–Crippen MR) is 86.6 cm³/mol. The highest BCUT2D eigenvalue weighted by atomic mass is 79.9. The average molecular weight is 371 g/mol. The molecule has 0 bridgehead atoms. The molecule has 0 saturated carbocycles. The Hall–Kier alpha value is -0.840. The maximum absolute atomic E-state index is 12.7. The summed E-state index contributed by atoms with van der Waals surface area (Å²) in [7, 11) is 0. The van der Waals surface area contributed by atoms with E-state index in [4.69, 9.17) is 11.6 Å². The summed E-state index contributed by atoms with van der Waals surface area (Å²) in [5, 5.41) is 2.59. The third-order valence-corrected chi connectivity index (χ3v) is 6.01. The van der Waals surface area contributed by atoms with E-state index in [1.165, 1.54) is 10.4 Å². The summed E-state index contributed by atoms with van der Waals surface area (Å²) in [4.78, 5) is 16.0. The second-order valence-corrected chi connectivity index (χ2v) is 7.06. The number of carbonyl (C=O) groups is 1. The van der Waals surface area contributed by atoms with Crippen LogP contribution in [0.4, 0.5) is 0 Å². The molecule has 0 spiro atoms. The largest absolute Gasteiger partial charge is 0.331 e. The molecule has 0 saturated heterocycles. The summed E-state index contributed by atoms with van der Waals surface area (Å²) in [5.41, 5.74) is 1.83. The van der Waals surface area contributed by atoms with E-state index in [0.29, 0.717) is 10.6 Å². The standard InChI is InChI=1S/C15H13BrClNOS/c1-9-10-6-8-20-13(10)5-7-18(9)15(19)11-3-2-4-12(16)14(11)17/h2-4,6,8-9H,5,7H2,1H3. The highest BCUT2D eigenvalue weighted by Gasteiger charge is 2.30. The van der Waals surface area contributed by atoms with Crippen LogP contribution >= 0.6 is 38.9 Å². The molecule has 0 radical (unpaired) electrons. The van der Waals surface area contributed by atoms with E-state index < -0.39 is 0 Å². The molecule has 0 aliphatic carbocycles. The first kappa shape index (κ1) is 14.1. The molecule has 5 heteroatoms. The van der Waals surface area contributed by atoms with Gasteiger partial charge in [-0.15, -0.1) is 11.3 Å². The number of halogens is 2. The van der Waals surface area contributed by atoms with Crippen LogP contribution in [0.2, 0.25) is 5.02 Å². The molecule has 0 fully saturated rings. The fraction of sp³-hybridized carbons (Fsp3) is 0.267. The first-order valence-electron chi connectivity index (χ1n) is 6.41. The summed E-state index contributed by atoms with van der Waals surface area (Å²) < 4.78 is 0.755. The van der Waals surface area contributed by atoms with Gasteiger partial charge in [-0.25, -0.2) is 0 Å². The van der Waals surface area contributed by atoms with Gasteiger partial charge in [0.15, 0.2) is 0 Å². The number of rotatable bonds is 1. The number of fused-ring (bicyclic) bond motifs is 1. The van der Waals surface area contributed by atoms with Crippen molar-refractivity contribution in [2.24, 2.45) is 0 Å². The van der Waals surface area contributed by atoms with Gasteiger partial charge in [-0.2, -0.15) is 0 Å². The Balaban J connectivity index is 1.94. The van der Waals surface area contributed by atoms with Crippen LogP contribution in [0.15, 0.2) is 34.1 Å². The molecule has 3 rings (SSSR count). The smallest absolute Gasteiger partial charge is 0.255 e. The van der Waals surface area contributed by atoms with Crippen molar-refractivity contribution in [2.45, 2.75) is 19.4 Å². The Labute approximate surface area is 135 Å². The summed E-state index contributed by atoms with van der Waals surface area (Å²) in [5.74, 6) is 0.000602. The summed E-state index contributed by atoms with van der Waals surface area (Å²) in [6.45, 7) is 2.82. The Morgan fingerprint density at radius 1 is 1.45 bits per heavy atom. The minimum absolute atomic E-state index is 0.000602. The van der Waals surface area contributed by atoms with Crippen LogP contribution in [0, 0.1) is 0 Å². The van der Waals surface area contributed by atoms with Crippen molar-refractivity contribution in [3.05, 3.63) is 55.1 Å². The van der Waals surface area contributed by atoms with Crippen molar-refractivity contribution in [3.8, 4) is 0 Å². The molecular formula is C15H13BrClNOS. The molecule has 1 aliphatic rings. The Bertz CT molecular complexity index is 670. The molecule has 1 aliphatic heterocycles. The van der Waals surface area contributed by atoms with Crippen molar-refractivity contribution < 1.29 is 4.79 Å². The van der Waals surface area contributed by atoms with Gasteiger partial charge < -0.3 is 4.90 Å². The van der Waals surface area contributed by atoms with Crippen molar-refractivity contribution >= 4 is 44.8 Å². The summed E-state index contributed by atoms with van der Waals surface area (Å²) in [6, 6.07) is 7.69. The van der Waals surface area contributed by atoms with Crippen molar-refractivity contribution in [2.75, 3.05) is 6.54 Å². The molecule has 0 N–H and O–H groups in total. The number of benzene rings is 1. The third-order valence-electron chi connectivity index (χ3n) is 3.72. The monoisotopic (exact) mass is 369 g/mol. The lowest BCUT2D eigenvalue weighted by atomic mass is 10.0. The average Bonchev–Trinajstić information content (AvgIpc) is 2.91. The molecule has 2 heterocycles. The van der Waals surface area contributed by atoms with Crippen LogP contribution in [-0.4, -0.2) is 17.4 Å². The van der Waals surface area contributed by atoms with E-state index in [1.54, 1.807) is 17.4 Å². The molecule has 20 heavy (non-hydrogen) atoms. The minimum Gasteiger partial charge on any atom is -0.331 e. The van der Waals surface area contributed by atoms with E-state index >= 15 is 0 Å². The Morgan fingerprint density at radius 3 is 3.05 bits per heavy atom. The summed E-state index contributed by atoms with van der Waals surface area (Å²) in [6.07, 6.45) is 0.925. The van der Waals surface area contributed by atoms with Crippen LogP contribution in [0.25, 0.3) is 0 Å². The molecule has 2 aromatic rings. The van der Waals surface area contributed by atoms with Crippen LogP contribution in [0.5, 0.6) is 0 Å². The Morgan fingerprint density at radius 2 is 2.25 bits per heavy atom. The van der Waals surface area contributed by atoms with Gasteiger partial charge in [0.1, 0.15) is 0 Å².